The molecule has 0 aromatic rings. The molecule has 0 aliphatic carbocycles. The molecule has 14 nitrogen and oxygen atoms in total. The number of carbonyl (C=O) groups excluding carboxylic acids is 1. The van der Waals surface area contributed by atoms with Crippen molar-refractivity contribution in [3.8, 4) is 0 Å². The standard InChI is InChI=1S/C70H131NO13/c1-3-5-7-9-11-13-15-16-17-18-19-20-21-22-23-24-25-26-27-28-29-30-31-32-33-34-35-36-37-38-39-40-41-42-44-46-48-50-52-54-62(75)71-58(59(74)53-51-49-47-45-43-14-12-10-8-6-4-2)57-81-69-67(80)65(78)68(61(56-73)83-69)84-70-66(79)64(77)63(76)60(55-72)82-70/h15-16,18-19,51,53,58-61,63-70,72-74,76-80H,3-14,17,20-50,52,54-57H2,1-2H3,(H,71,75)/b16-15-,19-18-,53-51+. The van der Waals surface area contributed by atoms with Crippen LogP contribution in [-0.4, -0.2) is 140 Å². The molecule has 0 saturated carbocycles. The van der Waals surface area contributed by atoms with Crippen LogP contribution in [0.15, 0.2) is 36.5 Å². The van der Waals surface area contributed by atoms with E-state index in [1.54, 1.807) is 6.08 Å². The van der Waals surface area contributed by atoms with Gasteiger partial charge in [0, 0.05) is 6.42 Å². The summed E-state index contributed by atoms with van der Waals surface area (Å²) in [5.41, 5.74) is 0. The first kappa shape index (κ1) is 78.3. The first-order chi connectivity index (χ1) is 41.1. The third-order valence-corrected chi connectivity index (χ3v) is 17.3. The number of aliphatic hydroxyl groups is 8. The van der Waals surface area contributed by atoms with E-state index in [4.69, 9.17) is 18.9 Å². The van der Waals surface area contributed by atoms with E-state index in [1.807, 2.05) is 6.08 Å². The van der Waals surface area contributed by atoms with Gasteiger partial charge in [-0.25, -0.2) is 0 Å². The van der Waals surface area contributed by atoms with Crippen molar-refractivity contribution in [1.29, 1.82) is 0 Å². The van der Waals surface area contributed by atoms with E-state index >= 15 is 0 Å². The zero-order valence-electron chi connectivity index (χ0n) is 53.7. The van der Waals surface area contributed by atoms with Crippen molar-refractivity contribution in [2.75, 3.05) is 19.8 Å². The third-order valence-electron chi connectivity index (χ3n) is 17.3. The van der Waals surface area contributed by atoms with E-state index in [9.17, 15) is 45.6 Å². The Kier molecular flexibility index (Phi) is 51.5. The van der Waals surface area contributed by atoms with Crippen LogP contribution in [0.4, 0.5) is 0 Å². The van der Waals surface area contributed by atoms with Gasteiger partial charge in [-0.3, -0.25) is 4.79 Å². The quantitative estimate of drug-likeness (QED) is 0.0204. The summed E-state index contributed by atoms with van der Waals surface area (Å²) in [6.45, 7) is 2.79. The number of ether oxygens (including phenoxy) is 4. The number of allylic oxidation sites excluding steroid dienone is 5. The van der Waals surface area contributed by atoms with Crippen LogP contribution in [0.2, 0.25) is 0 Å². The Morgan fingerprint density at radius 3 is 1.19 bits per heavy atom. The average Bonchev–Trinajstić information content (AvgIpc) is 3.59. The van der Waals surface area contributed by atoms with E-state index in [1.165, 1.54) is 238 Å². The van der Waals surface area contributed by atoms with Gasteiger partial charge in [-0.1, -0.05) is 288 Å². The van der Waals surface area contributed by atoms with Gasteiger partial charge in [0.15, 0.2) is 12.6 Å². The Labute approximate surface area is 512 Å². The van der Waals surface area contributed by atoms with E-state index in [2.05, 4.69) is 43.5 Å². The van der Waals surface area contributed by atoms with Crippen molar-refractivity contribution in [3.63, 3.8) is 0 Å². The molecular weight excluding hydrogens is 1060 g/mol. The van der Waals surface area contributed by atoms with Gasteiger partial charge in [-0.15, -0.1) is 0 Å². The van der Waals surface area contributed by atoms with Crippen LogP contribution < -0.4 is 5.32 Å². The number of carbonyl (C=O) groups is 1. The molecule has 0 aromatic heterocycles. The van der Waals surface area contributed by atoms with Gasteiger partial charge in [-0.2, -0.15) is 0 Å². The summed E-state index contributed by atoms with van der Waals surface area (Å²) in [5, 5.41) is 87.1. The smallest absolute Gasteiger partial charge is 0.220 e. The molecule has 0 bridgehead atoms. The van der Waals surface area contributed by atoms with Gasteiger partial charge < -0.3 is 65.1 Å². The molecule has 1 amide bonds. The van der Waals surface area contributed by atoms with Crippen LogP contribution in [0, 0.1) is 0 Å². The van der Waals surface area contributed by atoms with Crippen LogP contribution in [-0.2, 0) is 23.7 Å². The lowest BCUT2D eigenvalue weighted by atomic mass is 9.97. The number of hydrogen-bond acceptors (Lipinski definition) is 13. The van der Waals surface area contributed by atoms with Crippen molar-refractivity contribution in [2.24, 2.45) is 0 Å². The fourth-order valence-electron chi connectivity index (χ4n) is 11.7. The molecular formula is C70H131NO13. The highest BCUT2D eigenvalue weighted by molar-refractivity contribution is 5.76. The van der Waals surface area contributed by atoms with Crippen molar-refractivity contribution in [1.82, 2.24) is 5.32 Å². The molecule has 0 spiro atoms. The first-order valence-electron chi connectivity index (χ1n) is 35.2. The average molecular weight is 1190 g/mol. The summed E-state index contributed by atoms with van der Waals surface area (Å²) in [7, 11) is 0. The van der Waals surface area contributed by atoms with E-state index < -0.39 is 86.8 Å². The molecule has 12 atom stereocenters. The van der Waals surface area contributed by atoms with Gasteiger partial charge >= 0.3 is 0 Å². The van der Waals surface area contributed by atoms with Crippen LogP contribution in [0.1, 0.15) is 309 Å². The summed E-state index contributed by atoms with van der Waals surface area (Å²) in [6.07, 6.45) is 53.9. The van der Waals surface area contributed by atoms with Gasteiger partial charge in [0.25, 0.3) is 0 Å². The molecule has 2 rings (SSSR count). The minimum absolute atomic E-state index is 0.235. The van der Waals surface area contributed by atoms with Crippen molar-refractivity contribution < 1.29 is 64.6 Å². The van der Waals surface area contributed by atoms with E-state index in [0.29, 0.717) is 6.42 Å². The molecule has 2 fully saturated rings. The minimum atomic E-state index is -1.79. The van der Waals surface area contributed by atoms with Crippen LogP contribution in [0.5, 0.6) is 0 Å². The lowest BCUT2D eigenvalue weighted by molar-refractivity contribution is -0.359. The second-order valence-electron chi connectivity index (χ2n) is 25.0. The molecule has 2 aliphatic rings. The predicted octanol–water partition coefficient (Wildman–Crippen LogP) is 14.1. The van der Waals surface area contributed by atoms with Crippen LogP contribution in [0.25, 0.3) is 0 Å². The fourth-order valence-corrected chi connectivity index (χ4v) is 11.7. The zero-order chi connectivity index (χ0) is 60.9. The van der Waals surface area contributed by atoms with Crippen molar-refractivity contribution in [3.05, 3.63) is 36.5 Å². The molecule has 0 radical (unpaired) electrons. The van der Waals surface area contributed by atoms with Crippen LogP contribution >= 0.6 is 0 Å². The van der Waals surface area contributed by atoms with E-state index in [0.717, 1.165) is 44.9 Å². The minimum Gasteiger partial charge on any atom is -0.394 e. The summed E-state index contributed by atoms with van der Waals surface area (Å²) in [4.78, 5) is 13.3. The second-order valence-corrected chi connectivity index (χ2v) is 25.0. The highest BCUT2D eigenvalue weighted by Crippen LogP contribution is 2.30. The molecule has 494 valence electrons. The number of amides is 1. The molecule has 2 heterocycles. The number of aliphatic hydroxyl groups excluding tert-OH is 8. The maximum Gasteiger partial charge on any atom is 0.220 e. The Bertz CT molecular complexity index is 1550. The van der Waals surface area contributed by atoms with Gasteiger partial charge in [0.2, 0.25) is 5.91 Å². The van der Waals surface area contributed by atoms with Crippen molar-refractivity contribution in [2.45, 2.75) is 383 Å². The monoisotopic (exact) mass is 1190 g/mol. The van der Waals surface area contributed by atoms with Gasteiger partial charge in [-0.05, 0) is 51.4 Å². The van der Waals surface area contributed by atoms with E-state index in [-0.39, 0.29) is 18.9 Å². The molecule has 2 aliphatic heterocycles. The Morgan fingerprint density at radius 2 is 0.786 bits per heavy atom. The lowest BCUT2D eigenvalue weighted by Gasteiger charge is -2.46. The first-order valence-corrected chi connectivity index (χ1v) is 35.2. The third kappa shape index (κ3) is 39.3. The summed E-state index contributed by atoms with van der Waals surface area (Å²) in [6, 6.07) is -0.911. The summed E-state index contributed by atoms with van der Waals surface area (Å²) in [5.74, 6) is -0.235. The summed E-state index contributed by atoms with van der Waals surface area (Å²) >= 11 is 0. The lowest BCUT2D eigenvalue weighted by Crippen LogP contribution is -2.65. The molecule has 2 saturated heterocycles. The molecule has 9 N–H and O–H groups in total. The number of rotatable bonds is 58. The number of hydrogen-bond donors (Lipinski definition) is 9. The normalized spacial score (nSPS) is 23.8. The maximum absolute atomic E-state index is 13.3. The van der Waals surface area contributed by atoms with Crippen LogP contribution in [0.3, 0.4) is 0 Å². The van der Waals surface area contributed by atoms with Gasteiger partial charge in [0.05, 0.1) is 32.0 Å². The largest absolute Gasteiger partial charge is 0.394 e. The van der Waals surface area contributed by atoms with Gasteiger partial charge in [0.1, 0.15) is 48.8 Å². The molecule has 14 heteroatoms. The topological polar surface area (TPSA) is 228 Å². The Morgan fingerprint density at radius 1 is 0.429 bits per heavy atom. The molecule has 0 aromatic carbocycles. The number of nitrogens with one attached hydrogen (secondary N) is 1. The molecule has 84 heavy (non-hydrogen) atoms. The highest BCUT2D eigenvalue weighted by atomic mass is 16.7. The predicted molar refractivity (Wildman–Crippen MR) is 341 cm³/mol. The highest BCUT2D eigenvalue weighted by Gasteiger charge is 2.51. The zero-order valence-corrected chi connectivity index (χ0v) is 53.7. The second kappa shape index (κ2) is 55.3. The summed E-state index contributed by atoms with van der Waals surface area (Å²) < 4.78 is 22.8. The maximum atomic E-state index is 13.3. The molecule has 12 unspecified atom stereocenters. The SMILES string of the molecule is CCCCCCC/C=C\C/C=C\CCCCCCCCCCCCCCCCCCCCCCCCCCCCCC(=O)NC(COC1OC(CO)C(OC2OC(CO)C(O)C(O)C2O)C(O)C1O)C(O)/C=C/CCCCCCCCCCC. The van der Waals surface area contributed by atoms with Crippen molar-refractivity contribution >= 4 is 5.91 Å². The Balaban J connectivity index is 1.52. The fraction of sp³-hybridized carbons (Fsp3) is 0.900. The Hall–Kier alpha value is -1.79. The number of unbranched alkanes of at least 4 members (excludes halogenated alkanes) is 41.